The Morgan fingerprint density at radius 3 is 2.62 bits per heavy atom. The highest BCUT2D eigenvalue weighted by Gasteiger charge is 2.31. The van der Waals surface area contributed by atoms with Crippen LogP contribution in [0.25, 0.3) is 22.4 Å². The summed E-state index contributed by atoms with van der Waals surface area (Å²) >= 11 is 0. The van der Waals surface area contributed by atoms with Crippen molar-refractivity contribution < 1.29 is 24.2 Å². The second-order valence-electron chi connectivity index (χ2n) is 7.96. The molecule has 0 aliphatic carbocycles. The molecule has 3 heterocycles. The van der Waals surface area contributed by atoms with Crippen LogP contribution < -0.4 is 4.74 Å². The number of rotatable bonds is 10. The lowest BCUT2D eigenvalue weighted by molar-refractivity contribution is 0.101. The number of furan rings is 1. The Morgan fingerprint density at radius 2 is 1.94 bits per heavy atom. The monoisotopic (exact) mass is 463 g/mol. The molecule has 178 valence electrons. The van der Waals surface area contributed by atoms with E-state index in [0.717, 1.165) is 26.1 Å². The SMILES string of the molecule is CCN(CC)CCCn1c(O)c(O)c(C(=O)c2cc3cccc(OC)c3o2)c1-c1ccccn1. The molecule has 8 nitrogen and oxygen atoms in total. The maximum Gasteiger partial charge on any atom is 0.235 e. The average Bonchev–Trinajstić information content (AvgIpc) is 3.41. The number of aromatic nitrogens is 2. The fourth-order valence-corrected chi connectivity index (χ4v) is 4.22. The number of benzene rings is 1. The summed E-state index contributed by atoms with van der Waals surface area (Å²) < 4.78 is 12.7. The zero-order chi connectivity index (χ0) is 24.2. The van der Waals surface area contributed by atoms with Gasteiger partial charge < -0.3 is 28.8 Å². The molecule has 0 fully saturated rings. The van der Waals surface area contributed by atoms with Gasteiger partial charge in [-0.25, -0.2) is 0 Å². The Balaban J connectivity index is 1.80. The van der Waals surface area contributed by atoms with Crippen LogP contribution in [0.2, 0.25) is 0 Å². The van der Waals surface area contributed by atoms with Crippen LogP contribution in [0, 0.1) is 0 Å². The second kappa shape index (κ2) is 10.0. The lowest BCUT2D eigenvalue weighted by Crippen LogP contribution is -2.24. The van der Waals surface area contributed by atoms with Crippen LogP contribution in [0.15, 0.2) is 53.1 Å². The summed E-state index contributed by atoms with van der Waals surface area (Å²) in [5.74, 6) is -0.859. The number of hydrogen-bond acceptors (Lipinski definition) is 7. The molecule has 1 aromatic carbocycles. The van der Waals surface area contributed by atoms with Crippen molar-refractivity contribution in [3.05, 3.63) is 60.0 Å². The Labute approximate surface area is 198 Å². The Kier molecular flexibility index (Phi) is 6.88. The number of pyridine rings is 1. The maximum absolute atomic E-state index is 13.6. The van der Waals surface area contributed by atoms with Crippen LogP contribution in [-0.4, -0.2) is 57.2 Å². The van der Waals surface area contributed by atoms with Gasteiger partial charge in [0.2, 0.25) is 11.7 Å². The molecule has 0 aliphatic heterocycles. The van der Waals surface area contributed by atoms with Crippen molar-refractivity contribution in [3.8, 4) is 28.8 Å². The molecule has 3 aromatic heterocycles. The standard InChI is InChI=1S/C26H29N3O5/c1-4-28(5-2)14-9-15-29-22(18-11-6-7-13-27-18)21(24(31)26(29)32)23(30)20-16-17-10-8-12-19(33-3)25(17)34-20/h6-8,10-13,16,31-32H,4-5,9,14-15H2,1-3H3. The van der Waals surface area contributed by atoms with Gasteiger partial charge >= 0.3 is 0 Å². The van der Waals surface area contributed by atoms with Crippen molar-refractivity contribution in [2.24, 2.45) is 0 Å². The predicted molar refractivity (Wildman–Crippen MR) is 130 cm³/mol. The van der Waals surface area contributed by atoms with Crippen molar-refractivity contribution in [2.75, 3.05) is 26.7 Å². The molecule has 8 heteroatoms. The van der Waals surface area contributed by atoms with E-state index < -0.39 is 11.5 Å². The van der Waals surface area contributed by atoms with Gasteiger partial charge in [-0.15, -0.1) is 0 Å². The van der Waals surface area contributed by atoms with Crippen LogP contribution >= 0.6 is 0 Å². The van der Waals surface area contributed by atoms with Crippen molar-refractivity contribution >= 4 is 16.8 Å². The van der Waals surface area contributed by atoms with E-state index in [1.807, 2.05) is 6.07 Å². The molecule has 0 saturated heterocycles. The first kappa shape index (κ1) is 23.4. The minimum Gasteiger partial charge on any atom is -0.503 e. The topological polar surface area (TPSA) is 101 Å². The van der Waals surface area contributed by atoms with E-state index in [9.17, 15) is 15.0 Å². The fourth-order valence-electron chi connectivity index (χ4n) is 4.22. The average molecular weight is 464 g/mol. The first-order valence-corrected chi connectivity index (χ1v) is 11.4. The van der Waals surface area contributed by atoms with Crippen molar-refractivity contribution in [1.82, 2.24) is 14.5 Å². The van der Waals surface area contributed by atoms with Gasteiger partial charge in [-0.2, -0.15) is 0 Å². The molecule has 0 saturated carbocycles. The molecule has 4 rings (SSSR count). The van der Waals surface area contributed by atoms with E-state index >= 15 is 0 Å². The van der Waals surface area contributed by atoms with Gasteiger partial charge in [0.15, 0.2) is 22.8 Å². The summed E-state index contributed by atoms with van der Waals surface area (Å²) in [7, 11) is 1.53. The molecular weight excluding hydrogens is 434 g/mol. The Hall–Kier alpha value is -3.78. The van der Waals surface area contributed by atoms with E-state index in [1.165, 1.54) is 7.11 Å². The van der Waals surface area contributed by atoms with Gasteiger partial charge in [-0.3, -0.25) is 9.78 Å². The molecule has 0 aliphatic rings. The van der Waals surface area contributed by atoms with Crippen molar-refractivity contribution in [1.29, 1.82) is 0 Å². The lowest BCUT2D eigenvalue weighted by atomic mass is 10.1. The van der Waals surface area contributed by atoms with Crippen molar-refractivity contribution in [3.63, 3.8) is 0 Å². The van der Waals surface area contributed by atoms with Gasteiger partial charge in [0, 0.05) is 18.1 Å². The number of carbonyl (C=O) groups is 1. The highest BCUT2D eigenvalue weighted by Crippen LogP contribution is 2.42. The van der Waals surface area contributed by atoms with Crippen LogP contribution in [0.5, 0.6) is 17.4 Å². The Bertz CT molecular complexity index is 1290. The molecule has 0 bridgehead atoms. The molecule has 0 radical (unpaired) electrons. The number of nitrogens with zero attached hydrogens (tertiary/aromatic N) is 3. The third-order valence-corrected chi connectivity index (χ3v) is 6.05. The predicted octanol–water partition coefficient (Wildman–Crippen LogP) is 4.68. The van der Waals surface area contributed by atoms with E-state index in [4.69, 9.17) is 9.15 Å². The number of para-hydroxylation sites is 1. The first-order chi connectivity index (χ1) is 16.5. The van der Waals surface area contributed by atoms with E-state index in [-0.39, 0.29) is 17.2 Å². The van der Waals surface area contributed by atoms with Gasteiger partial charge in [0.05, 0.1) is 24.1 Å². The fraction of sp³-hybridized carbons (Fsp3) is 0.308. The summed E-state index contributed by atoms with van der Waals surface area (Å²) in [5.41, 5.74) is 1.22. The second-order valence-corrected chi connectivity index (χ2v) is 7.96. The molecule has 0 amide bonds. The van der Waals surface area contributed by atoms with Crippen LogP contribution in [0.3, 0.4) is 0 Å². The molecule has 4 aromatic rings. The number of hydrogen-bond donors (Lipinski definition) is 2. The number of ketones is 1. The zero-order valence-electron chi connectivity index (χ0n) is 19.6. The first-order valence-electron chi connectivity index (χ1n) is 11.4. The number of carbonyl (C=O) groups excluding carboxylic acids is 1. The molecule has 0 unspecified atom stereocenters. The highest BCUT2D eigenvalue weighted by molar-refractivity contribution is 6.14. The lowest BCUT2D eigenvalue weighted by Gasteiger charge is -2.18. The molecular formula is C26H29N3O5. The summed E-state index contributed by atoms with van der Waals surface area (Å²) in [6.07, 6.45) is 2.33. The maximum atomic E-state index is 13.6. The van der Waals surface area contributed by atoms with Gasteiger partial charge in [-0.1, -0.05) is 32.0 Å². The largest absolute Gasteiger partial charge is 0.503 e. The minimum absolute atomic E-state index is 0.0345. The van der Waals surface area contributed by atoms with Crippen LogP contribution in [0.4, 0.5) is 0 Å². The smallest absolute Gasteiger partial charge is 0.235 e. The summed E-state index contributed by atoms with van der Waals surface area (Å²) in [6, 6.07) is 12.3. The Morgan fingerprint density at radius 1 is 1.15 bits per heavy atom. The summed E-state index contributed by atoms with van der Waals surface area (Å²) in [5, 5.41) is 22.4. The quantitative estimate of drug-likeness (QED) is 0.329. The van der Waals surface area contributed by atoms with Gasteiger partial charge in [-0.05, 0) is 50.3 Å². The third kappa shape index (κ3) is 4.24. The summed E-state index contributed by atoms with van der Waals surface area (Å²) in [4.78, 5) is 20.3. The van der Waals surface area contributed by atoms with Gasteiger partial charge in [0.1, 0.15) is 0 Å². The normalized spacial score (nSPS) is 11.4. The highest BCUT2D eigenvalue weighted by atomic mass is 16.5. The molecule has 0 spiro atoms. The number of aromatic hydroxyl groups is 2. The number of fused-ring (bicyclic) bond motifs is 1. The van der Waals surface area contributed by atoms with Crippen molar-refractivity contribution in [2.45, 2.75) is 26.8 Å². The summed E-state index contributed by atoms with van der Waals surface area (Å²) in [6.45, 7) is 7.27. The van der Waals surface area contributed by atoms with E-state index in [1.54, 1.807) is 47.2 Å². The number of ether oxygens (including phenoxy) is 1. The van der Waals surface area contributed by atoms with Crippen LogP contribution in [0.1, 0.15) is 36.4 Å². The van der Waals surface area contributed by atoms with Crippen LogP contribution in [-0.2, 0) is 6.54 Å². The molecule has 0 atom stereocenters. The molecule has 2 N–H and O–H groups in total. The number of methoxy groups -OCH3 is 1. The molecule has 34 heavy (non-hydrogen) atoms. The van der Waals surface area contributed by atoms with E-state index in [2.05, 4.69) is 23.7 Å². The van der Waals surface area contributed by atoms with Gasteiger partial charge in [0.25, 0.3) is 0 Å². The minimum atomic E-state index is -0.547. The zero-order valence-corrected chi connectivity index (χ0v) is 19.6. The van der Waals surface area contributed by atoms with E-state index in [0.29, 0.717) is 34.7 Å². The third-order valence-electron chi connectivity index (χ3n) is 6.05.